The van der Waals surface area contributed by atoms with Gasteiger partial charge in [-0.05, 0) is 67.9 Å². The summed E-state index contributed by atoms with van der Waals surface area (Å²) in [7, 11) is 0. The molecule has 3 aliphatic carbocycles. The van der Waals surface area contributed by atoms with Crippen LogP contribution in [0, 0.1) is 42.2 Å². The van der Waals surface area contributed by atoms with Gasteiger partial charge in [0.25, 0.3) is 0 Å². The molecule has 2 bridgehead atoms. The summed E-state index contributed by atoms with van der Waals surface area (Å²) in [5.41, 5.74) is 0.605. The monoisotopic (exact) mass is 277 g/mol. The van der Waals surface area contributed by atoms with Crippen LogP contribution in [-0.4, -0.2) is 6.04 Å². The van der Waals surface area contributed by atoms with E-state index in [1.54, 1.807) is 6.92 Å². The van der Waals surface area contributed by atoms with Gasteiger partial charge in [0.1, 0.15) is 11.5 Å². The third-order valence-corrected chi connectivity index (χ3v) is 6.04. The zero-order chi connectivity index (χ0) is 13.9. The second-order valence-electron chi connectivity index (χ2n) is 6.96. The van der Waals surface area contributed by atoms with Gasteiger partial charge in [-0.3, -0.25) is 0 Å². The first kappa shape index (κ1) is 12.6. The van der Waals surface area contributed by atoms with Crippen LogP contribution in [0.4, 0.5) is 14.5 Å². The van der Waals surface area contributed by atoms with Gasteiger partial charge >= 0.3 is 0 Å². The summed E-state index contributed by atoms with van der Waals surface area (Å²) in [5.74, 6) is 2.26. The lowest BCUT2D eigenvalue weighted by atomic mass is 9.79. The van der Waals surface area contributed by atoms with Crippen LogP contribution in [0.5, 0.6) is 0 Å². The van der Waals surface area contributed by atoms with E-state index in [9.17, 15) is 8.78 Å². The van der Waals surface area contributed by atoms with E-state index in [1.165, 1.54) is 37.8 Å². The molecule has 4 rings (SSSR count). The van der Waals surface area contributed by atoms with Gasteiger partial charge in [0.05, 0.1) is 0 Å². The van der Waals surface area contributed by atoms with Crippen molar-refractivity contribution in [3.05, 3.63) is 29.3 Å². The Hall–Kier alpha value is -1.12. The van der Waals surface area contributed by atoms with E-state index in [1.807, 2.05) is 0 Å². The second kappa shape index (κ2) is 4.44. The summed E-state index contributed by atoms with van der Waals surface area (Å²) < 4.78 is 28.0. The van der Waals surface area contributed by atoms with Crippen LogP contribution in [0.15, 0.2) is 12.1 Å². The highest BCUT2D eigenvalue weighted by molar-refractivity contribution is 5.50. The Bertz CT molecular complexity index is 542. The number of benzene rings is 1. The number of hydrogen-bond donors (Lipinski definition) is 1. The highest BCUT2D eigenvalue weighted by Gasteiger charge is 2.53. The fraction of sp³-hybridized carbons (Fsp3) is 0.647. The van der Waals surface area contributed by atoms with E-state index in [-0.39, 0.29) is 11.7 Å². The van der Waals surface area contributed by atoms with Crippen LogP contribution in [0.25, 0.3) is 0 Å². The van der Waals surface area contributed by atoms with Crippen LogP contribution >= 0.6 is 0 Å². The minimum Gasteiger partial charge on any atom is -0.377 e. The quantitative estimate of drug-likeness (QED) is 0.838. The lowest BCUT2D eigenvalue weighted by molar-refractivity contribution is 0.242. The maximum absolute atomic E-state index is 14.1. The van der Waals surface area contributed by atoms with Gasteiger partial charge in [-0.1, -0.05) is 12.5 Å². The molecule has 0 radical (unpaired) electrons. The minimum absolute atomic E-state index is 0.0945. The van der Waals surface area contributed by atoms with Crippen molar-refractivity contribution in [3.8, 4) is 0 Å². The number of anilines is 1. The van der Waals surface area contributed by atoms with E-state index in [4.69, 9.17) is 0 Å². The molecule has 3 fully saturated rings. The van der Waals surface area contributed by atoms with Gasteiger partial charge < -0.3 is 5.32 Å². The molecule has 3 heteroatoms. The summed E-state index contributed by atoms with van der Waals surface area (Å²) in [5, 5.41) is 3.21. The molecule has 5 atom stereocenters. The molecule has 3 aliphatic rings. The fourth-order valence-corrected chi connectivity index (χ4v) is 5.21. The predicted molar refractivity (Wildman–Crippen MR) is 75.6 cm³/mol. The summed E-state index contributed by atoms with van der Waals surface area (Å²) >= 11 is 0. The van der Waals surface area contributed by atoms with Crippen LogP contribution in [0.3, 0.4) is 0 Å². The summed E-state index contributed by atoms with van der Waals surface area (Å²) in [4.78, 5) is 0. The van der Waals surface area contributed by atoms with Crippen molar-refractivity contribution >= 4 is 5.69 Å². The summed E-state index contributed by atoms with van der Waals surface area (Å²) in [6.07, 6.45) is 6.41. The largest absolute Gasteiger partial charge is 0.377 e. The summed E-state index contributed by atoms with van der Waals surface area (Å²) in [6.45, 7) is 1.69. The van der Waals surface area contributed by atoms with E-state index in [0.717, 1.165) is 24.2 Å². The van der Waals surface area contributed by atoms with E-state index in [0.29, 0.717) is 11.5 Å². The van der Waals surface area contributed by atoms with Gasteiger partial charge in [-0.2, -0.15) is 0 Å². The average Bonchev–Trinajstić information content (AvgIpc) is 3.10. The van der Waals surface area contributed by atoms with Crippen molar-refractivity contribution < 1.29 is 8.78 Å². The highest BCUT2D eigenvalue weighted by Crippen LogP contribution is 2.59. The molecule has 5 unspecified atom stereocenters. The summed E-state index contributed by atoms with van der Waals surface area (Å²) in [6, 6.07) is 3.14. The molecule has 0 aromatic heterocycles. The zero-order valence-electron chi connectivity index (χ0n) is 11.8. The fourth-order valence-electron chi connectivity index (χ4n) is 5.21. The van der Waals surface area contributed by atoms with Crippen molar-refractivity contribution in [2.24, 2.45) is 23.7 Å². The Morgan fingerprint density at radius 1 is 1.05 bits per heavy atom. The molecule has 1 nitrogen and oxygen atoms in total. The molecule has 0 spiro atoms. The first-order chi connectivity index (χ1) is 9.65. The third-order valence-electron chi connectivity index (χ3n) is 6.04. The Labute approximate surface area is 118 Å². The van der Waals surface area contributed by atoms with Gasteiger partial charge in [0, 0.05) is 6.04 Å². The van der Waals surface area contributed by atoms with E-state index >= 15 is 0 Å². The normalized spacial score (nSPS) is 38.2. The molecule has 0 saturated heterocycles. The maximum Gasteiger partial charge on any atom is 0.152 e. The topological polar surface area (TPSA) is 12.0 Å². The standard InChI is InChI=1S/C17H21F2N/c1-9-5-6-14(18)17(16(9)19)20-15-8-10-7-13(15)12-4-2-3-11(10)12/h5-6,10-13,15,20H,2-4,7-8H2,1H3. The number of halogens is 2. The first-order valence-electron chi connectivity index (χ1n) is 7.86. The lowest BCUT2D eigenvalue weighted by Gasteiger charge is -2.33. The Kier molecular flexibility index (Phi) is 2.80. The second-order valence-corrected chi connectivity index (χ2v) is 6.96. The number of rotatable bonds is 2. The number of fused-ring (bicyclic) bond motifs is 5. The van der Waals surface area contributed by atoms with Crippen LogP contribution in [0.2, 0.25) is 0 Å². The van der Waals surface area contributed by atoms with Gasteiger partial charge in [-0.15, -0.1) is 0 Å². The average molecular weight is 277 g/mol. The number of hydrogen-bond acceptors (Lipinski definition) is 1. The molecule has 1 aromatic rings. The van der Waals surface area contributed by atoms with Gasteiger partial charge in [0.15, 0.2) is 5.82 Å². The first-order valence-corrected chi connectivity index (χ1v) is 7.86. The molecular weight excluding hydrogens is 256 g/mol. The van der Waals surface area contributed by atoms with Crippen LogP contribution in [-0.2, 0) is 0 Å². The number of nitrogens with one attached hydrogen (secondary N) is 1. The number of aryl methyl sites for hydroxylation is 1. The van der Waals surface area contributed by atoms with E-state index < -0.39 is 11.6 Å². The molecule has 0 amide bonds. The molecule has 1 N–H and O–H groups in total. The van der Waals surface area contributed by atoms with Crippen molar-refractivity contribution in [2.75, 3.05) is 5.32 Å². The van der Waals surface area contributed by atoms with Crippen molar-refractivity contribution in [3.63, 3.8) is 0 Å². The minimum atomic E-state index is -0.459. The van der Waals surface area contributed by atoms with E-state index in [2.05, 4.69) is 5.32 Å². The molecule has 3 saturated carbocycles. The van der Waals surface area contributed by atoms with Crippen LogP contribution in [0.1, 0.15) is 37.7 Å². The highest BCUT2D eigenvalue weighted by atomic mass is 19.1. The molecule has 1 aromatic carbocycles. The lowest BCUT2D eigenvalue weighted by Crippen LogP contribution is -2.34. The zero-order valence-corrected chi connectivity index (χ0v) is 11.8. The molecule has 0 heterocycles. The molecule has 0 aliphatic heterocycles. The van der Waals surface area contributed by atoms with Crippen molar-refractivity contribution in [1.82, 2.24) is 0 Å². The molecular formula is C17H21F2N. The van der Waals surface area contributed by atoms with Crippen molar-refractivity contribution in [1.29, 1.82) is 0 Å². The van der Waals surface area contributed by atoms with Crippen LogP contribution < -0.4 is 5.32 Å². The third kappa shape index (κ3) is 1.71. The van der Waals surface area contributed by atoms with Crippen molar-refractivity contribution in [2.45, 2.75) is 45.1 Å². The predicted octanol–water partition coefficient (Wildman–Crippen LogP) is 4.51. The molecule has 20 heavy (non-hydrogen) atoms. The SMILES string of the molecule is Cc1ccc(F)c(NC2CC3CC2C2CCCC32)c1F. The smallest absolute Gasteiger partial charge is 0.152 e. The Morgan fingerprint density at radius 2 is 1.85 bits per heavy atom. The maximum atomic E-state index is 14.1. The molecule has 108 valence electrons. The van der Waals surface area contributed by atoms with Gasteiger partial charge in [-0.25, -0.2) is 8.78 Å². The Morgan fingerprint density at radius 3 is 2.70 bits per heavy atom. The van der Waals surface area contributed by atoms with Gasteiger partial charge in [0.2, 0.25) is 0 Å². The Balaban J connectivity index is 1.58.